The zero-order valence-electron chi connectivity index (χ0n) is 16.6. The Hall–Kier alpha value is -1.71. The Kier molecular flexibility index (Phi) is 2.79. The van der Waals surface area contributed by atoms with Crippen molar-refractivity contribution in [1.29, 1.82) is 0 Å². The van der Waals surface area contributed by atoms with E-state index < -0.39 is 70.5 Å². The van der Waals surface area contributed by atoms with E-state index in [0.29, 0.717) is 6.42 Å². The van der Waals surface area contributed by atoms with Crippen molar-refractivity contribution in [2.45, 2.75) is 76.3 Å². The van der Waals surface area contributed by atoms with Gasteiger partial charge in [-0.2, -0.15) is 0 Å². The SMILES string of the molecule is C[C@@H]1C(=O)O[C@H]2C[C@@]34[C@H]5C[C@@H](C(C)(C)C)[C@]36[C@@H](OC(=O)[C@H]6O)O[C@@]4(C(=O)O5)[C@]21O. The molecule has 0 unspecified atom stereocenters. The fraction of sp³-hybridized carbons (Fsp3) is 0.850. The molecule has 2 spiro atoms. The van der Waals surface area contributed by atoms with E-state index in [1.165, 1.54) is 6.92 Å². The minimum Gasteiger partial charge on any atom is -0.459 e. The van der Waals surface area contributed by atoms with Crippen molar-refractivity contribution in [2.24, 2.45) is 28.1 Å². The monoisotopic (exact) mass is 408 g/mol. The van der Waals surface area contributed by atoms with E-state index in [9.17, 15) is 24.6 Å². The van der Waals surface area contributed by atoms with Crippen molar-refractivity contribution >= 4 is 17.9 Å². The fourth-order valence-electron chi connectivity index (χ4n) is 8.06. The van der Waals surface area contributed by atoms with Gasteiger partial charge in [-0.15, -0.1) is 0 Å². The minimum absolute atomic E-state index is 0.0623. The highest BCUT2D eigenvalue weighted by molar-refractivity contribution is 5.93. The minimum atomic E-state index is -1.97. The second-order valence-corrected chi connectivity index (χ2v) is 10.6. The quantitative estimate of drug-likeness (QED) is 0.408. The van der Waals surface area contributed by atoms with Crippen LogP contribution >= 0.6 is 0 Å². The largest absolute Gasteiger partial charge is 0.459 e. The smallest absolute Gasteiger partial charge is 0.342 e. The van der Waals surface area contributed by atoms with Gasteiger partial charge < -0.3 is 29.2 Å². The Bertz CT molecular complexity index is 893. The molecule has 2 saturated carbocycles. The summed E-state index contributed by atoms with van der Waals surface area (Å²) < 4.78 is 22.9. The van der Waals surface area contributed by atoms with Crippen LogP contribution < -0.4 is 0 Å². The van der Waals surface area contributed by atoms with Crippen LogP contribution in [0.4, 0.5) is 0 Å². The molecule has 2 aliphatic carbocycles. The lowest BCUT2D eigenvalue weighted by atomic mass is 9.51. The van der Waals surface area contributed by atoms with Crippen molar-refractivity contribution in [1.82, 2.24) is 0 Å². The van der Waals surface area contributed by atoms with E-state index in [-0.39, 0.29) is 17.8 Å². The van der Waals surface area contributed by atoms with Gasteiger partial charge in [-0.05, 0) is 24.7 Å². The summed E-state index contributed by atoms with van der Waals surface area (Å²) in [5.41, 5.74) is -6.81. The molecule has 0 amide bonds. The molecular formula is C20H24O9. The van der Waals surface area contributed by atoms with Gasteiger partial charge in [-0.1, -0.05) is 20.8 Å². The lowest BCUT2D eigenvalue weighted by molar-refractivity contribution is -0.238. The molecule has 29 heavy (non-hydrogen) atoms. The van der Waals surface area contributed by atoms with Crippen LogP contribution in [0.1, 0.15) is 40.5 Å². The van der Waals surface area contributed by atoms with Crippen molar-refractivity contribution < 1.29 is 43.5 Å². The molecule has 4 heterocycles. The summed E-state index contributed by atoms with van der Waals surface area (Å²) in [6, 6.07) is 0. The highest BCUT2D eigenvalue weighted by Crippen LogP contribution is 2.84. The third-order valence-corrected chi connectivity index (χ3v) is 8.97. The molecule has 0 aromatic heterocycles. The van der Waals surface area contributed by atoms with Gasteiger partial charge in [-0.3, -0.25) is 4.79 Å². The zero-order chi connectivity index (χ0) is 20.9. The molecule has 0 bridgehead atoms. The van der Waals surface area contributed by atoms with Crippen LogP contribution in [-0.2, 0) is 33.3 Å². The van der Waals surface area contributed by atoms with Crippen LogP contribution in [0, 0.1) is 28.1 Å². The Labute approximate surface area is 166 Å². The highest BCUT2D eigenvalue weighted by Gasteiger charge is 3.01. The molecule has 9 heteroatoms. The van der Waals surface area contributed by atoms with Gasteiger partial charge in [0.25, 0.3) is 0 Å². The van der Waals surface area contributed by atoms with Crippen LogP contribution in [-0.4, -0.2) is 63.9 Å². The molecule has 9 nitrogen and oxygen atoms in total. The van der Waals surface area contributed by atoms with Gasteiger partial charge in [-0.25, -0.2) is 9.59 Å². The number of aliphatic hydroxyl groups is 2. The second-order valence-electron chi connectivity index (χ2n) is 10.6. The molecule has 6 rings (SSSR count). The summed E-state index contributed by atoms with van der Waals surface area (Å²) in [4.78, 5) is 38.1. The van der Waals surface area contributed by atoms with E-state index in [4.69, 9.17) is 18.9 Å². The van der Waals surface area contributed by atoms with Gasteiger partial charge in [0.2, 0.25) is 11.9 Å². The first kappa shape index (κ1) is 18.1. The van der Waals surface area contributed by atoms with Gasteiger partial charge >= 0.3 is 17.9 Å². The Morgan fingerprint density at radius 2 is 1.72 bits per heavy atom. The van der Waals surface area contributed by atoms with Crippen LogP contribution in [0.3, 0.4) is 0 Å². The van der Waals surface area contributed by atoms with Gasteiger partial charge in [0, 0.05) is 6.42 Å². The predicted molar refractivity (Wildman–Crippen MR) is 90.6 cm³/mol. The van der Waals surface area contributed by atoms with E-state index >= 15 is 0 Å². The molecule has 6 fully saturated rings. The average Bonchev–Trinajstić information content (AvgIpc) is 3.31. The third-order valence-electron chi connectivity index (χ3n) is 8.97. The first-order valence-electron chi connectivity index (χ1n) is 10.1. The lowest BCUT2D eigenvalue weighted by Crippen LogP contribution is -2.66. The number of aliphatic hydroxyl groups excluding tert-OH is 1. The van der Waals surface area contributed by atoms with E-state index in [1.54, 1.807) is 0 Å². The molecule has 10 atom stereocenters. The molecular weight excluding hydrogens is 384 g/mol. The number of carbonyl (C=O) groups is 3. The standard InChI is InChI=1S/C20H24O9/c1-7-12(22)26-10-6-17-9-5-8(16(2,3)4)18(17)11(21)13(23)28-15(18)29-20(17,14(24)27-9)19(7,10)25/h7-11,15,21,25H,5-6H2,1-4H3/t7-,8+,9-,10+,11-,15+,17-,18+,19-,20-/m1/s1. The molecule has 0 aromatic carbocycles. The normalized spacial score (nSPS) is 59.2. The summed E-state index contributed by atoms with van der Waals surface area (Å²) in [5.74, 6) is -3.52. The molecule has 2 N–H and O–H groups in total. The summed E-state index contributed by atoms with van der Waals surface area (Å²) in [7, 11) is 0. The maximum absolute atomic E-state index is 13.3. The number of rotatable bonds is 0. The summed E-state index contributed by atoms with van der Waals surface area (Å²) in [6.07, 6.45) is -3.96. The summed E-state index contributed by atoms with van der Waals surface area (Å²) >= 11 is 0. The number of esters is 3. The Morgan fingerprint density at radius 3 is 2.38 bits per heavy atom. The maximum Gasteiger partial charge on any atom is 0.342 e. The van der Waals surface area contributed by atoms with Gasteiger partial charge in [0.1, 0.15) is 12.2 Å². The first-order valence-corrected chi connectivity index (χ1v) is 10.1. The topological polar surface area (TPSA) is 129 Å². The van der Waals surface area contributed by atoms with Crippen LogP contribution in [0.15, 0.2) is 0 Å². The van der Waals surface area contributed by atoms with Crippen molar-refractivity contribution in [3.8, 4) is 0 Å². The Morgan fingerprint density at radius 1 is 1.03 bits per heavy atom. The highest BCUT2D eigenvalue weighted by atomic mass is 16.8. The van der Waals surface area contributed by atoms with E-state index in [2.05, 4.69) is 0 Å². The summed E-state index contributed by atoms with van der Waals surface area (Å²) in [6.45, 7) is 7.47. The number of fused-ring (bicyclic) bond motifs is 1. The summed E-state index contributed by atoms with van der Waals surface area (Å²) in [5, 5.41) is 23.0. The fourth-order valence-corrected chi connectivity index (χ4v) is 8.06. The molecule has 4 aliphatic heterocycles. The van der Waals surface area contributed by atoms with Crippen LogP contribution in [0.5, 0.6) is 0 Å². The van der Waals surface area contributed by atoms with Crippen LogP contribution in [0.2, 0.25) is 0 Å². The predicted octanol–water partition coefficient (Wildman–Crippen LogP) is -0.340. The molecule has 0 aromatic rings. The molecule has 158 valence electrons. The van der Waals surface area contributed by atoms with E-state index in [1.807, 2.05) is 20.8 Å². The van der Waals surface area contributed by atoms with Gasteiger partial charge in [0.05, 0.1) is 16.7 Å². The van der Waals surface area contributed by atoms with Crippen molar-refractivity contribution in [2.75, 3.05) is 0 Å². The number of ether oxygens (including phenoxy) is 4. The Balaban J connectivity index is 1.68. The third kappa shape index (κ3) is 1.35. The number of hydrogen-bond donors (Lipinski definition) is 2. The maximum atomic E-state index is 13.3. The van der Waals surface area contributed by atoms with Gasteiger partial charge in [0.15, 0.2) is 11.7 Å². The number of carbonyl (C=O) groups excluding carboxylic acids is 3. The first-order chi connectivity index (χ1) is 13.4. The van der Waals surface area contributed by atoms with E-state index in [0.717, 1.165) is 0 Å². The lowest BCUT2D eigenvalue weighted by Gasteiger charge is -2.46. The van der Waals surface area contributed by atoms with Crippen LogP contribution in [0.25, 0.3) is 0 Å². The number of hydrogen-bond acceptors (Lipinski definition) is 9. The molecule has 4 saturated heterocycles. The van der Waals surface area contributed by atoms with Crippen molar-refractivity contribution in [3.63, 3.8) is 0 Å². The molecule has 0 radical (unpaired) electrons. The second kappa shape index (κ2) is 4.48. The average molecular weight is 408 g/mol. The van der Waals surface area contributed by atoms with Crippen molar-refractivity contribution in [3.05, 3.63) is 0 Å². The molecule has 6 aliphatic rings. The zero-order valence-corrected chi connectivity index (χ0v) is 16.6.